The van der Waals surface area contributed by atoms with Crippen molar-refractivity contribution in [3.8, 4) is 11.5 Å². The van der Waals surface area contributed by atoms with Crippen molar-refractivity contribution < 1.29 is 27.8 Å². The van der Waals surface area contributed by atoms with Gasteiger partial charge in [0.15, 0.2) is 5.84 Å². The molecule has 36 heavy (non-hydrogen) atoms. The number of fused-ring (bicyclic) bond motifs is 1. The Morgan fingerprint density at radius 1 is 1.14 bits per heavy atom. The maximum Gasteiger partial charge on any atom is 0.573 e. The lowest BCUT2D eigenvalue weighted by Crippen LogP contribution is -2.46. The van der Waals surface area contributed by atoms with Crippen LogP contribution in [0.4, 0.5) is 13.2 Å². The number of hydrogen-bond acceptors (Lipinski definition) is 8. The predicted molar refractivity (Wildman–Crippen MR) is 128 cm³/mol. The van der Waals surface area contributed by atoms with Gasteiger partial charge in [-0.3, -0.25) is 4.98 Å². The van der Waals surface area contributed by atoms with E-state index in [9.17, 15) is 18.3 Å². The maximum absolute atomic E-state index is 12.7. The van der Waals surface area contributed by atoms with Crippen LogP contribution in [0.1, 0.15) is 31.0 Å². The number of pyridine rings is 1. The monoisotopic (exact) mass is 505 g/mol. The summed E-state index contributed by atoms with van der Waals surface area (Å²) in [5, 5.41) is 9.32. The highest BCUT2D eigenvalue weighted by atomic mass is 19.4. The molecule has 1 aromatic carbocycles. The summed E-state index contributed by atoms with van der Waals surface area (Å²) in [6.45, 7) is 6.59. The van der Waals surface area contributed by atoms with Crippen molar-refractivity contribution in [3.63, 3.8) is 0 Å². The highest BCUT2D eigenvalue weighted by molar-refractivity contribution is 6.00. The van der Waals surface area contributed by atoms with E-state index in [1.807, 2.05) is 30.2 Å². The van der Waals surface area contributed by atoms with Crippen molar-refractivity contribution in [3.05, 3.63) is 65.7 Å². The van der Waals surface area contributed by atoms with E-state index in [-0.39, 0.29) is 18.1 Å². The minimum Gasteiger partial charge on any atom is -0.450 e. The number of nitrogens with zero attached hydrogens (tertiary/aromatic N) is 5. The number of halogens is 3. The highest BCUT2D eigenvalue weighted by Gasteiger charge is 2.38. The molecule has 2 aliphatic heterocycles. The molecule has 0 saturated carbocycles. The van der Waals surface area contributed by atoms with Crippen LogP contribution in [0.2, 0.25) is 0 Å². The van der Waals surface area contributed by atoms with E-state index in [1.54, 1.807) is 12.3 Å². The molecule has 1 aromatic heterocycles. The Bertz CT molecular complexity index is 1090. The van der Waals surface area contributed by atoms with Crippen molar-refractivity contribution in [1.29, 1.82) is 0 Å². The van der Waals surface area contributed by atoms with Gasteiger partial charge in [-0.15, -0.1) is 13.2 Å². The molecule has 1 atom stereocenters. The average Bonchev–Trinajstić information content (AvgIpc) is 3.15. The van der Waals surface area contributed by atoms with Gasteiger partial charge in [-0.2, -0.15) is 0 Å². The van der Waals surface area contributed by atoms with Crippen LogP contribution in [0, 0.1) is 6.92 Å². The van der Waals surface area contributed by atoms with E-state index in [0.717, 1.165) is 35.8 Å². The minimum atomic E-state index is -4.80. The topological polar surface area (TPSA) is 73.7 Å². The third-order valence-electron chi connectivity index (χ3n) is 5.70. The molecule has 1 N–H and O–H groups in total. The molecule has 0 aliphatic carbocycles. The Hall–Kier alpha value is -3.47. The van der Waals surface area contributed by atoms with Crippen LogP contribution in [0.5, 0.6) is 11.5 Å². The molecule has 0 radical (unpaired) electrons. The van der Waals surface area contributed by atoms with Gasteiger partial charge in [0, 0.05) is 43.9 Å². The number of aromatic nitrogens is 1. The summed E-state index contributed by atoms with van der Waals surface area (Å²) in [7, 11) is 0. The van der Waals surface area contributed by atoms with Crippen LogP contribution < -0.4 is 9.47 Å². The summed E-state index contributed by atoms with van der Waals surface area (Å²) < 4.78 is 48.3. The van der Waals surface area contributed by atoms with Crippen LogP contribution in [0.15, 0.2) is 59.5 Å². The second-order valence-corrected chi connectivity index (χ2v) is 8.66. The molecular weight excluding hydrogens is 475 g/mol. The fraction of sp³-hybridized carbons (Fsp3) is 0.440. The summed E-state index contributed by atoms with van der Waals surface area (Å²) in [5.41, 5.74) is 2.68. The molecule has 2 aromatic rings. The molecule has 1 unspecified atom stereocenters. The van der Waals surface area contributed by atoms with E-state index < -0.39 is 12.7 Å². The highest BCUT2D eigenvalue weighted by Crippen LogP contribution is 2.32. The van der Waals surface area contributed by atoms with E-state index in [0.29, 0.717) is 26.2 Å². The number of rotatable bonds is 10. The van der Waals surface area contributed by atoms with E-state index in [2.05, 4.69) is 26.4 Å². The maximum atomic E-state index is 12.7. The van der Waals surface area contributed by atoms with Gasteiger partial charge in [0.1, 0.15) is 17.2 Å². The molecule has 4 rings (SSSR count). The largest absolute Gasteiger partial charge is 0.573 e. The van der Waals surface area contributed by atoms with E-state index in [1.165, 1.54) is 18.2 Å². The predicted octanol–water partition coefficient (Wildman–Crippen LogP) is 4.07. The fourth-order valence-corrected chi connectivity index (χ4v) is 4.13. The summed E-state index contributed by atoms with van der Waals surface area (Å²) in [6, 6.07) is 9.34. The summed E-state index contributed by atoms with van der Waals surface area (Å²) in [4.78, 5) is 15.5. The lowest BCUT2D eigenvalue weighted by atomic mass is 10.2. The molecule has 0 amide bonds. The SMILES string of the molecule is CCCN1CN(CCCO)C=C2C1=NC(Oc1cccc(OC(F)(F)F)c1)N2Cc1ccc(C)nc1. The van der Waals surface area contributed by atoms with Gasteiger partial charge in [0.2, 0.25) is 0 Å². The Morgan fingerprint density at radius 2 is 1.94 bits per heavy atom. The number of aliphatic hydroxyl groups excluding tert-OH is 1. The van der Waals surface area contributed by atoms with Crippen molar-refractivity contribution in [2.75, 3.05) is 26.4 Å². The quantitative estimate of drug-likeness (QED) is 0.522. The van der Waals surface area contributed by atoms with Crippen molar-refractivity contribution in [2.24, 2.45) is 4.99 Å². The molecule has 8 nitrogen and oxygen atoms in total. The van der Waals surface area contributed by atoms with Crippen molar-refractivity contribution in [1.82, 2.24) is 19.7 Å². The Labute approximate surface area is 208 Å². The third-order valence-corrected chi connectivity index (χ3v) is 5.70. The van der Waals surface area contributed by atoms with Crippen LogP contribution in [0.25, 0.3) is 0 Å². The van der Waals surface area contributed by atoms with Gasteiger partial charge in [0.05, 0.1) is 13.2 Å². The van der Waals surface area contributed by atoms with Crippen LogP contribution in [0.3, 0.4) is 0 Å². The number of benzene rings is 1. The first kappa shape index (κ1) is 25.6. The molecular formula is C25H30F3N5O3. The van der Waals surface area contributed by atoms with Gasteiger partial charge >= 0.3 is 6.36 Å². The zero-order chi connectivity index (χ0) is 25.7. The Balaban J connectivity index is 1.65. The number of aryl methyl sites for hydroxylation is 1. The number of aliphatic hydroxyl groups is 1. The lowest BCUT2D eigenvalue weighted by molar-refractivity contribution is -0.274. The first-order chi connectivity index (χ1) is 17.3. The standard InChI is InChI=1S/C25H30F3N5O3/c1-3-10-32-17-31(11-5-12-34)16-22-23(32)30-24(33(22)15-19-9-8-18(2)29-14-19)35-20-6-4-7-21(13-20)36-25(26,27)28/h4,6-9,13-14,16,24,34H,3,5,10-12,15,17H2,1-2H3. The Morgan fingerprint density at radius 3 is 2.64 bits per heavy atom. The molecule has 194 valence electrons. The fourth-order valence-electron chi connectivity index (χ4n) is 4.13. The van der Waals surface area contributed by atoms with Crippen LogP contribution >= 0.6 is 0 Å². The second-order valence-electron chi connectivity index (χ2n) is 8.66. The van der Waals surface area contributed by atoms with Gasteiger partial charge in [-0.25, -0.2) is 4.99 Å². The van der Waals surface area contributed by atoms with Crippen LogP contribution in [-0.2, 0) is 6.54 Å². The van der Waals surface area contributed by atoms with Crippen molar-refractivity contribution in [2.45, 2.75) is 45.9 Å². The molecule has 0 bridgehead atoms. The number of aliphatic imine (C=N–C) groups is 1. The molecule has 11 heteroatoms. The smallest absolute Gasteiger partial charge is 0.450 e. The third kappa shape index (κ3) is 6.39. The zero-order valence-corrected chi connectivity index (χ0v) is 20.3. The van der Waals surface area contributed by atoms with Gasteiger partial charge in [0.25, 0.3) is 6.35 Å². The average molecular weight is 506 g/mol. The molecule has 2 aliphatic rings. The normalized spacial score (nSPS) is 17.6. The number of amidine groups is 1. The molecule has 0 spiro atoms. The van der Waals surface area contributed by atoms with Crippen LogP contribution in [-0.4, -0.2) is 69.7 Å². The number of ether oxygens (including phenoxy) is 2. The number of hydrogen-bond donors (Lipinski definition) is 1. The Kier molecular flexibility index (Phi) is 7.88. The number of alkyl halides is 3. The lowest BCUT2D eigenvalue weighted by Gasteiger charge is -2.37. The summed E-state index contributed by atoms with van der Waals surface area (Å²) in [5.74, 6) is 0.612. The van der Waals surface area contributed by atoms with Gasteiger partial charge in [-0.05, 0) is 43.5 Å². The minimum absolute atomic E-state index is 0.0925. The van der Waals surface area contributed by atoms with Gasteiger partial charge < -0.3 is 29.3 Å². The van der Waals surface area contributed by atoms with Gasteiger partial charge in [-0.1, -0.05) is 19.1 Å². The summed E-state index contributed by atoms with van der Waals surface area (Å²) in [6.07, 6.45) is -0.261. The summed E-state index contributed by atoms with van der Waals surface area (Å²) >= 11 is 0. The van der Waals surface area contributed by atoms with E-state index >= 15 is 0 Å². The van der Waals surface area contributed by atoms with Crippen molar-refractivity contribution >= 4 is 5.84 Å². The first-order valence-electron chi connectivity index (χ1n) is 11.9. The second kappa shape index (κ2) is 11.1. The molecule has 0 fully saturated rings. The van der Waals surface area contributed by atoms with E-state index in [4.69, 9.17) is 9.73 Å². The first-order valence-corrected chi connectivity index (χ1v) is 11.9. The molecule has 3 heterocycles. The molecule has 0 saturated heterocycles. The zero-order valence-electron chi connectivity index (χ0n) is 20.3.